The maximum absolute atomic E-state index is 11.5. The summed E-state index contributed by atoms with van der Waals surface area (Å²) in [5.74, 6) is -0.829. The molecule has 5 nitrogen and oxygen atoms in total. The number of nitrogens with one attached hydrogen (secondary N) is 1. The minimum Gasteiger partial charge on any atom is -0.508 e. The van der Waals surface area contributed by atoms with Gasteiger partial charge in [-0.1, -0.05) is 0 Å². The molecule has 2 amide bonds. The Bertz CT molecular complexity index is 461. The van der Waals surface area contributed by atoms with E-state index in [4.69, 9.17) is 11.6 Å². The van der Waals surface area contributed by atoms with Gasteiger partial charge in [0.2, 0.25) is 11.8 Å². The molecule has 0 spiro atoms. The molecule has 0 aromatic heterocycles. The van der Waals surface area contributed by atoms with E-state index in [1.54, 1.807) is 0 Å². The first-order valence-electron chi connectivity index (χ1n) is 4.61. The molecule has 0 bridgehead atoms. The summed E-state index contributed by atoms with van der Waals surface area (Å²) in [5.41, 5.74) is 0.956. The van der Waals surface area contributed by atoms with E-state index >= 15 is 0 Å². The van der Waals surface area contributed by atoms with Crippen LogP contribution in [0.4, 0.5) is 11.4 Å². The lowest BCUT2D eigenvalue weighted by Gasteiger charge is -2.28. The Morgan fingerprint density at radius 3 is 3.00 bits per heavy atom. The number of phenolic OH excluding ortho intramolecular Hbond substituents is 1. The molecule has 0 saturated heterocycles. The summed E-state index contributed by atoms with van der Waals surface area (Å²) >= 11 is 5.45. The first-order chi connectivity index (χ1) is 7.61. The average molecular weight is 241 g/mol. The van der Waals surface area contributed by atoms with E-state index in [9.17, 15) is 14.7 Å². The Morgan fingerprint density at radius 2 is 2.31 bits per heavy atom. The van der Waals surface area contributed by atoms with Gasteiger partial charge < -0.3 is 10.4 Å². The third kappa shape index (κ3) is 1.81. The van der Waals surface area contributed by atoms with Gasteiger partial charge in [0.25, 0.3) is 0 Å². The minimum atomic E-state index is -0.372. The van der Waals surface area contributed by atoms with Gasteiger partial charge in [0.05, 0.1) is 11.4 Å². The number of anilines is 2. The summed E-state index contributed by atoms with van der Waals surface area (Å²) in [7, 11) is 0. The highest BCUT2D eigenvalue weighted by Crippen LogP contribution is 2.32. The number of halogens is 1. The van der Waals surface area contributed by atoms with Gasteiger partial charge in [0.15, 0.2) is 0 Å². The van der Waals surface area contributed by atoms with E-state index in [0.717, 1.165) is 0 Å². The number of hydrogen-bond acceptors (Lipinski definition) is 3. The summed E-state index contributed by atoms with van der Waals surface area (Å²) < 4.78 is 0. The van der Waals surface area contributed by atoms with Crippen molar-refractivity contribution < 1.29 is 14.7 Å². The zero-order valence-electron chi connectivity index (χ0n) is 8.24. The van der Waals surface area contributed by atoms with E-state index in [-0.39, 0.29) is 30.0 Å². The zero-order valence-corrected chi connectivity index (χ0v) is 8.99. The lowest BCUT2D eigenvalue weighted by Crippen LogP contribution is -2.42. The van der Waals surface area contributed by atoms with Crippen molar-refractivity contribution in [1.82, 2.24) is 0 Å². The third-order valence-electron chi connectivity index (χ3n) is 2.26. The Morgan fingerprint density at radius 1 is 1.56 bits per heavy atom. The smallest absolute Gasteiger partial charge is 0.244 e. The van der Waals surface area contributed by atoms with Crippen LogP contribution in [0.15, 0.2) is 18.2 Å². The van der Waals surface area contributed by atoms with Gasteiger partial charge in [-0.25, -0.2) is 0 Å². The van der Waals surface area contributed by atoms with Gasteiger partial charge in [-0.2, -0.15) is 0 Å². The Kier molecular flexibility index (Phi) is 2.70. The van der Waals surface area contributed by atoms with Crippen LogP contribution in [0.1, 0.15) is 0 Å². The number of phenols is 1. The Hall–Kier alpha value is -1.75. The lowest BCUT2D eigenvalue weighted by molar-refractivity contribution is -0.120. The van der Waals surface area contributed by atoms with Gasteiger partial charge in [-0.3, -0.25) is 14.5 Å². The number of rotatable bonds is 1. The van der Waals surface area contributed by atoms with Crippen molar-refractivity contribution in [3.63, 3.8) is 0 Å². The largest absolute Gasteiger partial charge is 0.508 e. The summed E-state index contributed by atoms with van der Waals surface area (Å²) in [6, 6.07) is 4.39. The van der Waals surface area contributed by atoms with Crippen molar-refractivity contribution in [2.75, 3.05) is 22.6 Å². The second-order valence-electron chi connectivity index (χ2n) is 3.36. The van der Waals surface area contributed by atoms with Crippen LogP contribution in [0.3, 0.4) is 0 Å². The SMILES string of the molecule is O=C1CN(C(=O)CCl)c2cc(O)ccc2N1. The first-order valence-corrected chi connectivity index (χ1v) is 5.14. The van der Waals surface area contributed by atoms with Crippen LogP contribution >= 0.6 is 11.6 Å². The van der Waals surface area contributed by atoms with Gasteiger partial charge in [-0.05, 0) is 12.1 Å². The second kappa shape index (κ2) is 4.02. The van der Waals surface area contributed by atoms with Crippen LogP contribution in [-0.4, -0.2) is 29.3 Å². The molecule has 0 aliphatic carbocycles. The summed E-state index contributed by atoms with van der Waals surface area (Å²) in [6.07, 6.45) is 0. The quantitative estimate of drug-likeness (QED) is 0.566. The Balaban J connectivity index is 2.47. The Labute approximate surface area is 96.6 Å². The monoisotopic (exact) mass is 240 g/mol. The van der Waals surface area contributed by atoms with Crippen molar-refractivity contribution in [3.8, 4) is 5.75 Å². The van der Waals surface area contributed by atoms with Crippen LogP contribution in [-0.2, 0) is 9.59 Å². The van der Waals surface area contributed by atoms with Crippen LogP contribution in [0.25, 0.3) is 0 Å². The number of hydrogen-bond donors (Lipinski definition) is 2. The number of aromatic hydroxyl groups is 1. The maximum Gasteiger partial charge on any atom is 0.244 e. The number of carbonyl (C=O) groups excluding carboxylic acids is 2. The molecule has 6 heteroatoms. The fourth-order valence-corrected chi connectivity index (χ4v) is 1.71. The fourth-order valence-electron chi connectivity index (χ4n) is 1.56. The minimum absolute atomic E-state index is 0.0299. The topological polar surface area (TPSA) is 69.6 Å². The van der Waals surface area contributed by atoms with Crippen molar-refractivity contribution >= 4 is 34.8 Å². The normalized spacial score (nSPS) is 14.3. The molecule has 0 saturated carbocycles. The summed E-state index contributed by atoms with van der Waals surface area (Å²) in [6.45, 7) is -0.0813. The molecule has 0 unspecified atom stereocenters. The molecule has 1 heterocycles. The highest BCUT2D eigenvalue weighted by molar-refractivity contribution is 6.30. The lowest BCUT2D eigenvalue weighted by atomic mass is 10.2. The molecular weight excluding hydrogens is 232 g/mol. The third-order valence-corrected chi connectivity index (χ3v) is 2.49. The van der Waals surface area contributed by atoms with E-state index in [2.05, 4.69) is 5.32 Å². The van der Waals surface area contributed by atoms with Gasteiger partial charge in [0, 0.05) is 6.07 Å². The summed E-state index contributed by atoms with van der Waals surface area (Å²) in [5, 5.41) is 12.0. The van der Waals surface area contributed by atoms with Crippen molar-refractivity contribution in [1.29, 1.82) is 0 Å². The molecule has 0 radical (unpaired) electrons. The molecule has 0 fully saturated rings. The molecule has 2 rings (SSSR count). The predicted octanol–water partition coefficient (Wildman–Crippen LogP) is 0.916. The predicted molar refractivity (Wildman–Crippen MR) is 59.8 cm³/mol. The van der Waals surface area contributed by atoms with E-state index in [1.807, 2.05) is 0 Å². The number of nitrogens with zero attached hydrogens (tertiary/aromatic N) is 1. The van der Waals surface area contributed by atoms with Gasteiger partial charge in [-0.15, -0.1) is 11.6 Å². The van der Waals surface area contributed by atoms with E-state index < -0.39 is 0 Å². The maximum atomic E-state index is 11.5. The van der Waals surface area contributed by atoms with Crippen LogP contribution in [0, 0.1) is 0 Å². The molecule has 0 atom stereocenters. The highest BCUT2D eigenvalue weighted by atomic mass is 35.5. The van der Waals surface area contributed by atoms with Gasteiger partial charge in [0.1, 0.15) is 18.2 Å². The summed E-state index contributed by atoms with van der Waals surface area (Å²) in [4.78, 5) is 24.1. The van der Waals surface area contributed by atoms with E-state index in [0.29, 0.717) is 11.4 Å². The molecule has 84 valence electrons. The highest BCUT2D eigenvalue weighted by Gasteiger charge is 2.26. The van der Waals surface area contributed by atoms with Gasteiger partial charge >= 0.3 is 0 Å². The molecule has 2 N–H and O–H groups in total. The zero-order chi connectivity index (χ0) is 11.7. The molecule has 1 aromatic rings. The van der Waals surface area contributed by atoms with Crippen molar-refractivity contribution in [3.05, 3.63) is 18.2 Å². The van der Waals surface area contributed by atoms with Crippen LogP contribution in [0.2, 0.25) is 0 Å². The molecule has 1 aromatic carbocycles. The van der Waals surface area contributed by atoms with Crippen LogP contribution < -0.4 is 10.2 Å². The van der Waals surface area contributed by atoms with Crippen molar-refractivity contribution in [2.45, 2.75) is 0 Å². The number of amides is 2. The number of fused-ring (bicyclic) bond motifs is 1. The van der Waals surface area contributed by atoms with Crippen molar-refractivity contribution in [2.24, 2.45) is 0 Å². The fraction of sp³-hybridized carbons (Fsp3) is 0.200. The van der Waals surface area contributed by atoms with E-state index in [1.165, 1.54) is 23.1 Å². The molecule has 16 heavy (non-hydrogen) atoms. The van der Waals surface area contributed by atoms with Crippen LogP contribution in [0.5, 0.6) is 5.75 Å². The number of alkyl halides is 1. The number of carbonyl (C=O) groups is 2. The average Bonchev–Trinajstić information content (AvgIpc) is 2.27. The standard InChI is InChI=1S/C10H9ClN2O3/c11-4-10(16)13-5-9(15)12-7-2-1-6(14)3-8(7)13/h1-3,14H,4-5H2,(H,12,15). The second-order valence-corrected chi connectivity index (χ2v) is 3.63. The molecule has 1 aliphatic rings. The first kappa shape index (κ1) is 10.8. The molecule has 1 aliphatic heterocycles. The molecular formula is C10H9ClN2O3. The number of benzene rings is 1.